The smallest absolute Gasteiger partial charge is 0.444 e. The fourth-order valence-electron chi connectivity index (χ4n) is 3.64. The van der Waals surface area contributed by atoms with E-state index in [1.807, 2.05) is 0 Å². The Labute approximate surface area is 180 Å². The predicted molar refractivity (Wildman–Crippen MR) is 112 cm³/mol. The second-order valence-corrected chi connectivity index (χ2v) is 12.8. The first kappa shape index (κ1) is 23.3. The zero-order valence-corrected chi connectivity index (χ0v) is 19.1. The van der Waals surface area contributed by atoms with Crippen molar-refractivity contribution in [3.8, 4) is 5.75 Å². The monoisotopic (exact) mass is 453 g/mol. The van der Waals surface area contributed by atoms with Gasteiger partial charge in [0.15, 0.2) is 14.5 Å². The van der Waals surface area contributed by atoms with Crippen LogP contribution in [0.4, 0.5) is 13.2 Å². The van der Waals surface area contributed by atoms with Crippen LogP contribution in [0, 0.1) is 0 Å². The summed E-state index contributed by atoms with van der Waals surface area (Å²) in [5.41, 5.74) is 0.657. The number of carbonyl (C=O) groups is 1. The molecule has 9 heteroatoms. The van der Waals surface area contributed by atoms with E-state index in [-0.39, 0.29) is 5.56 Å². The molecule has 2 aromatic carbocycles. The van der Waals surface area contributed by atoms with Crippen molar-refractivity contribution in [3.63, 3.8) is 0 Å². The molecule has 0 spiro atoms. The van der Waals surface area contributed by atoms with Crippen molar-refractivity contribution >= 4 is 14.2 Å². The fourth-order valence-corrected chi connectivity index (χ4v) is 4.89. The Morgan fingerprint density at radius 2 is 1.65 bits per heavy atom. The van der Waals surface area contributed by atoms with Crippen molar-refractivity contribution in [1.29, 1.82) is 0 Å². The van der Waals surface area contributed by atoms with Gasteiger partial charge in [-0.15, -0.1) is 0 Å². The van der Waals surface area contributed by atoms with Gasteiger partial charge in [0.25, 0.3) is 11.7 Å². The lowest BCUT2D eigenvalue weighted by Gasteiger charge is -2.39. The summed E-state index contributed by atoms with van der Waals surface area (Å²) in [4.78, 5) is 14.5. The minimum atomic E-state index is -4.86. The summed E-state index contributed by atoms with van der Waals surface area (Å²) in [6, 6.07) is 13.2. The molecule has 0 N–H and O–H groups in total. The molecule has 0 saturated carbocycles. The average Bonchev–Trinajstić information content (AvgIpc) is 3.00. The molecule has 1 fully saturated rings. The van der Waals surface area contributed by atoms with Crippen LogP contribution in [0.5, 0.6) is 5.75 Å². The lowest BCUT2D eigenvalue weighted by Crippen LogP contribution is -2.60. The zero-order valence-electron chi connectivity index (χ0n) is 18.1. The van der Waals surface area contributed by atoms with E-state index in [2.05, 4.69) is 0 Å². The van der Waals surface area contributed by atoms with Gasteiger partial charge in [-0.25, -0.2) is 0 Å². The van der Waals surface area contributed by atoms with Crippen LogP contribution in [0.15, 0.2) is 54.6 Å². The van der Waals surface area contributed by atoms with Gasteiger partial charge in [-0.1, -0.05) is 30.3 Å². The first-order valence-corrected chi connectivity index (χ1v) is 13.3. The van der Waals surface area contributed by atoms with Crippen molar-refractivity contribution in [2.75, 3.05) is 7.11 Å². The number of hydrogen-bond acceptors (Lipinski definition) is 4. The maximum absolute atomic E-state index is 14.5. The van der Waals surface area contributed by atoms with Gasteiger partial charge in [0.05, 0.1) is 13.2 Å². The SMILES string of the molecule is COc1ccc([C@@H]2OC(O[Si](C)(C)C)(C(F)(F)F)[C@H](C)N2C(=O)c2ccccc2)cc1. The van der Waals surface area contributed by atoms with Crippen LogP contribution in [-0.4, -0.2) is 44.2 Å². The minimum absolute atomic E-state index is 0.266. The molecule has 168 valence electrons. The molecule has 1 aliphatic rings. The highest BCUT2D eigenvalue weighted by Crippen LogP contribution is 2.51. The number of rotatable bonds is 5. The van der Waals surface area contributed by atoms with Crippen LogP contribution in [-0.2, 0) is 9.16 Å². The Bertz CT molecular complexity index is 915. The van der Waals surface area contributed by atoms with E-state index in [1.165, 1.54) is 14.0 Å². The molecule has 1 heterocycles. The van der Waals surface area contributed by atoms with Crippen molar-refractivity contribution in [2.24, 2.45) is 0 Å². The maximum atomic E-state index is 14.5. The molecular weight excluding hydrogens is 427 g/mol. The summed E-state index contributed by atoms with van der Waals surface area (Å²) in [5.74, 6) is -2.97. The average molecular weight is 454 g/mol. The number of benzene rings is 2. The number of methoxy groups -OCH3 is 1. The van der Waals surface area contributed by atoms with Crippen molar-refractivity contribution < 1.29 is 31.9 Å². The largest absolute Gasteiger partial charge is 0.497 e. The highest BCUT2D eigenvalue weighted by atomic mass is 28.4. The molecule has 0 bridgehead atoms. The lowest BCUT2D eigenvalue weighted by molar-refractivity contribution is -0.352. The van der Waals surface area contributed by atoms with E-state index in [0.29, 0.717) is 11.3 Å². The molecule has 0 aliphatic carbocycles. The van der Waals surface area contributed by atoms with Gasteiger partial charge >= 0.3 is 6.18 Å². The van der Waals surface area contributed by atoms with Gasteiger partial charge in [0.2, 0.25) is 0 Å². The number of halogens is 3. The van der Waals surface area contributed by atoms with E-state index in [1.54, 1.807) is 74.2 Å². The highest BCUT2D eigenvalue weighted by Gasteiger charge is 2.70. The van der Waals surface area contributed by atoms with Crippen LogP contribution < -0.4 is 4.74 Å². The Morgan fingerprint density at radius 3 is 2.13 bits per heavy atom. The summed E-state index contributed by atoms with van der Waals surface area (Å²) in [6.07, 6.45) is -6.14. The van der Waals surface area contributed by atoms with E-state index in [4.69, 9.17) is 13.9 Å². The summed E-state index contributed by atoms with van der Waals surface area (Å²) < 4.78 is 59.8. The van der Waals surface area contributed by atoms with Crippen molar-refractivity contribution in [3.05, 3.63) is 65.7 Å². The third-order valence-corrected chi connectivity index (χ3v) is 5.93. The molecule has 1 amide bonds. The number of ether oxygens (including phenoxy) is 2. The summed E-state index contributed by atoms with van der Waals surface area (Å²) in [5, 5.41) is 0. The predicted octanol–water partition coefficient (Wildman–Crippen LogP) is 5.37. The molecule has 1 saturated heterocycles. The molecule has 31 heavy (non-hydrogen) atoms. The molecule has 2 aromatic rings. The summed E-state index contributed by atoms with van der Waals surface area (Å²) in [7, 11) is -1.25. The van der Waals surface area contributed by atoms with E-state index < -0.39 is 38.5 Å². The number of carbonyl (C=O) groups excluding carboxylic acids is 1. The molecule has 0 radical (unpaired) electrons. The molecule has 5 nitrogen and oxygen atoms in total. The lowest BCUT2D eigenvalue weighted by atomic mass is 10.1. The van der Waals surface area contributed by atoms with Crippen LogP contribution in [0.25, 0.3) is 0 Å². The standard InChI is InChI=1S/C22H26F3NO4Si/c1-15-21(22(23,24)25,30-31(3,4)5)29-20(17-11-13-18(28-2)14-12-17)26(15)19(27)16-9-7-6-8-10-16/h6-15,20H,1-5H3/t15-,20-,21?/m0/s1. The van der Waals surface area contributed by atoms with Gasteiger partial charge in [0.1, 0.15) is 5.75 Å². The molecule has 3 rings (SSSR count). The van der Waals surface area contributed by atoms with Crippen LogP contribution >= 0.6 is 0 Å². The third kappa shape index (κ3) is 4.49. The molecule has 3 atom stereocenters. The van der Waals surface area contributed by atoms with Crippen LogP contribution in [0.2, 0.25) is 19.6 Å². The Kier molecular flexibility index (Phi) is 6.23. The van der Waals surface area contributed by atoms with Crippen molar-refractivity contribution in [1.82, 2.24) is 4.90 Å². The van der Waals surface area contributed by atoms with Crippen LogP contribution in [0.1, 0.15) is 29.1 Å². The Morgan fingerprint density at radius 1 is 1.06 bits per heavy atom. The number of nitrogens with zero attached hydrogens (tertiary/aromatic N) is 1. The molecular formula is C22H26F3NO4Si. The number of amides is 1. The normalized spacial score (nSPS) is 24.3. The van der Waals surface area contributed by atoms with Crippen LogP contribution in [0.3, 0.4) is 0 Å². The Hall–Kier alpha value is -2.36. The van der Waals surface area contributed by atoms with E-state index in [9.17, 15) is 18.0 Å². The quantitative estimate of drug-likeness (QED) is 0.572. The number of hydrogen-bond donors (Lipinski definition) is 0. The van der Waals surface area contributed by atoms with Gasteiger partial charge in [-0.05, 0) is 50.8 Å². The second-order valence-electron chi connectivity index (χ2n) is 8.38. The molecule has 1 aliphatic heterocycles. The van der Waals surface area contributed by atoms with E-state index >= 15 is 0 Å². The highest BCUT2D eigenvalue weighted by molar-refractivity contribution is 6.69. The fraction of sp³-hybridized carbons (Fsp3) is 0.409. The first-order valence-electron chi connectivity index (χ1n) is 9.86. The van der Waals surface area contributed by atoms with Gasteiger partial charge in [-0.2, -0.15) is 13.2 Å². The topological polar surface area (TPSA) is 48.0 Å². The van der Waals surface area contributed by atoms with E-state index in [0.717, 1.165) is 4.90 Å². The Balaban J connectivity index is 2.14. The van der Waals surface area contributed by atoms with Gasteiger partial charge < -0.3 is 18.8 Å². The third-order valence-electron chi connectivity index (χ3n) is 5.02. The molecule has 1 unspecified atom stereocenters. The minimum Gasteiger partial charge on any atom is -0.497 e. The maximum Gasteiger partial charge on any atom is 0.444 e. The number of alkyl halides is 3. The second kappa shape index (κ2) is 8.29. The van der Waals surface area contributed by atoms with Gasteiger partial charge in [0, 0.05) is 11.1 Å². The molecule has 0 aromatic heterocycles. The summed E-state index contributed by atoms with van der Waals surface area (Å²) >= 11 is 0. The summed E-state index contributed by atoms with van der Waals surface area (Å²) in [6.45, 7) is 6.28. The van der Waals surface area contributed by atoms with Gasteiger partial charge in [-0.3, -0.25) is 4.79 Å². The first-order chi connectivity index (χ1) is 14.4. The zero-order chi connectivity index (χ0) is 23.0. The van der Waals surface area contributed by atoms with Crippen molar-refractivity contribution in [2.45, 2.75) is 50.8 Å².